The molecule has 8 heteroatoms. The number of carboxylic acid groups (broad SMARTS) is 1. The van der Waals surface area contributed by atoms with Crippen LogP contribution in [0.5, 0.6) is 0 Å². The Balaban J connectivity index is 2.13. The summed E-state index contributed by atoms with van der Waals surface area (Å²) < 4.78 is 56.0. The number of pyridine rings is 1. The minimum absolute atomic E-state index is 0.0110. The van der Waals surface area contributed by atoms with Crippen LogP contribution in [0.1, 0.15) is 16.1 Å². The fourth-order valence-corrected chi connectivity index (χ4v) is 3.20. The summed E-state index contributed by atoms with van der Waals surface area (Å²) in [6.07, 6.45) is -3.46. The molecule has 1 N–H and O–H groups in total. The minimum Gasteiger partial charge on any atom is -0.476 e. The molecule has 0 aliphatic heterocycles. The maximum Gasteiger partial charge on any atom is 0.420 e. The fourth-order valence-electron chi connectivity index (χ4n) is 3.20. The van der Waals surface area contributed by atoms with Crippen molar-refractivity contribution < 1.29 is 27.5 Å². The van der Waals surface area contributed by atoms with Crippen LogP contribution < -0.4 is 0 Å². The van der Waals surface area contributed by atoms with E-state index in [0.29, 0.717) is 5.56 Å². The van der Waals surface area contributed by atoms with Crippen molar-refractivity contribution in [2.24, 2.45) is 0 Å². The maximum absolute atomic E-state index is 13.8. The molecule has 0 unspecified atom stereocenters. The highest BCUT2D eigenvalue weighted by atomic mass is 19.4. The second-order valence-electron chi connectivity index (χ2n) is 6.32. The molecule has 0 bridgehead atoms. The van der Waals surface area contributed by atoms with Crippen LogP contribution in [0.25, 0.3) is 28.0 Å². The quantitative estimate of drug-likeness (QED) is 0.461. The molecule has 0 aliphatic carbocycles. The van der Waals surface area contributed by atoms with E-state index >= 15 is 0 Å². The first-order valence-electron chi connectivity index (χ1n) is 8.43. The zero-order chi connectivity index (χ0) is 20.8. The van der Waals surface area contributed by atoms with E-state index in [4.69, 9.17) is 0 Å². The number of halogens is 4. The number of imidazole rings is 1. The van der Waals surface area contributed by atoms with E-state index in [0.717, 1.165) is 16.5 Å². The Labute approximate surface area is 161 Å². The average Bonchev–Trinajstić information content (AvgIpc) is 3.07. The number of hydrogen-bond acceptors (Lipinski definition) is 2. The van der Waals surface area contributed by atoms with Gasteiger partial charge in [-0.25, -0.2) is 14.2 Å². The number of alkyl halides is 3. The SMILES string of the molecule is O=C(O)c1nc2c(C(F)(F)F)cc(-c3cccc(F)c3)cn2c1-c1ccccc1. The molecule has 0 spiro atoms. The summed E-state index contributed by atoms with van der Waals surface area (Å²) in [5.74, 6) is -2.05. The van der Waals surface area contributed by atoms with Gasteiger partial charge in [-0.2, -0.15) is 13.2 Å². The van der Waals surface area contributed by atoms with E-state index in [1.807, 2.05) is 0 Å². The number of benzene rings is 2. The molecule has 2 aromatic carbocycles. The molecule has 146 valence electrons. The summed E-state index contributed by atoms with van der Waals surface area (Å²) in [6.45, 7) is 0. The number of fused-ring (bicyclic) bond motifs is 1. The molecule has 0 radical (unpaired) electrons. The zero-order valence-electron chi connectivity index (χ0n) is 14.6. The van der Waals surface area contributed by atoms with Gasteiger partial charge in [0.2, 0.25) is 0 Å². The highest BCUT2D eigenvalue weighted by Gasteiger charge is 2.36. The topological polar surface area (TPSA) is 54.6 Å². The molecule has 0 fully saturated rings. The van der Waals surface area contributed by atoms with Gasteiger partial charge in [0, 0.05) is 11.8 Å². The third kappa shape index (κ3) is 3.33. The maximum atomic E-state index is 13.8. The molecule has 2 aromatic heterocycles. The Morgan fingerprint density at radius 1 is 0.931 bits per heavy atom. The Bertz CT molecular complexity index is 1230. The predicted molar refractivity (Wildman–Crippen MR) is 98.0 cm³/mol. The normalized spacial score (nSPS) is 11.7. The summed E-state index contributed by atoms with van der Waals surface area (Å²) in [6, 6.07) is 14.1. The van der Waals surface area contributed by atoms with E-state index in [1.165, 1.54) is 24.4 Å². The molecule has 4 rings (SSSR count). The van der Waals surface area contributed by atoms with Gasteiger partial charge in [0.25, 0.3) is 0 Å². The lowest BCUT2D eigenvalue weighted by molar-refractivity contribution is -0.136. The second-order valence-corrected chi connectivity index (χ2v) is 6.32. The first-order valence-corrected chi connectivity index (χ1v) is 8.43. The van der Waals surface area contributed by atoms with Gasteiger partial charge in [0.05, 0.1) is 11.3 Å². The molecule has 0 amide bonds. The van der Waals surface area contributed by atoms with Crippen LogP contribution in [-0.2, 0) is 6.18 Å². The van der Waals surface area contributed by atoms with Crippen molar-refractivity contribution in [3.05, 3.63) is 83.9 Å². The summed E-state index contributed by atoms with van der Waals surface area (Å²) in [4.78, 5) is 15.5. The van der Waals surface area contributed by atoms with Gasteiger partial charge in [-0.05, 0) is 29.3 Å². The number of aromatic carboxylic acids is 1. The average molecular weight is 400 g/mol. The van der Waals surface area contributed by atoms with Gasteiger partial charge in [-0.15, -0.1) is 0 Å². The molecule has 0 saturated heterocycles. The molecule has 0 aliphatic rings. The third-order valence-corrected chi connectivity index (χ3v) is 4.43. The first-order chi connectivity index (χ1) is 13.8. The number of aromatic nitrogens is 2. The van der Waals surface area contributed by atoms with E-state index in [9.17, 15) is 27.5 Å². The largest absolute Gasteiger partial charge is 0.476 e. The van der Waals surface area contributed by atoms with Crippen LogP contribution in [0.3, 0.4) is 0 Å². The molecular weight excluding hydrogens is 388 g/mol. The van der Waals surface area contributed by atoms with E-state index < -0.39 is 34.9 Å². The van der Waals surface area contributed by atoms with Crippen molar-refractivity contribution in [1.29, 1.82) is 0 Å². The van der Waals surface area contributed by atoms with Crippen molar-refractivity contribution >= 4 is 11.6 Å². The number of carbonyl (C=O) groups is 1. The predicted octanol–water partition coefficient (Wildman–Crippen LogP) is 5.52. The molecule has 4 nitrogen and oxygen atoms in total. The molecule has 0 saturated carbocycles. The molecule has 2 heterocycles. The molecular formula is C21H12F4N2O2. The van der Waals surface area contributed by atoms with Gasteiger partial charge in [0.15, 0.2) is 11.3 Å². The lowest BCUT2D eigenvalue weighted by Gasteiger charge is -2.13. The standard InChI is InChI=1S/C21H12F4N2O2/c22-15-8-4-7-13(9-15)14-10-16(21(23,24)25)19-26-17(20(28)29)18(27(19)11-14)12-5-2-1-3-6-12/h1-11H,(H,28,29). The lowest BCUT2D eigenvalue weighted by Crippen LogP contribution is -2.08. The van der Waals surface area contributed by atoms with E-state index in [-0.39, 0.29) is 16.8 Å². The molecule has 0 atom stereocenters. The van der Waals surface area contributed by atoms with Gasteiger partial charge in [-0.1, -0.05) is 42.5 Å². The second kappa shape index (κ2) is 6.73. The van der Waals surface area contributed by atoms with E-state index in [1.54, 1.807) is 30.3 Å². The third-order valence-electron chi connectivity index (χ3n) is 4.43. The number of carboxylic acids is 1. The van der Waals surface area contributed by atoms with Crippen LogP contribution in [0.2, 0.25) is 0 Å². The summed E-state index contributed by atoms with van der Waals surface area (Å²) in [5, 5.41) is 9.54. The van der Waals surface area contributed by atoms with Crippen molar-refractivity contribution in [3.8, 4) is 22.4 Å². The smallest absolute Gasteiger partial charge is 0.420 e. The van der Waals surface area contributed by atoms with Gasteiger partial charge in [-0.3, -0.25) is 4.40 Å². The van der Waals surface area contributed by atoms with Gasteiger partial charge < -0.3 is 5.11 Å². The van der Waals surface area contributed by atoms with Crippen molar-refractivity contribution in [2.75, 3.05) is 0 Å². The Morgan fingerprint density at radius 2 is 1.62 bits per heavy atom. The first kappa shape index (κ1) is 18.7. The highest BCUT2D eigenvalue weighted by molar-refractivity contribution is 5.95. The summed E-state index contributed by atoms with van der Waals surface area (Å²) in [7, 11) is 0. The minimum atomic E-state index is -4.79. The Kier molecular flexibility index (Phi) is 4.34. The highest BCUT2D eigenvalue weighted by Crippen LogP contribution is 2.38. The summed E-state index contributed by atoms with van der Waals surface area (Å²) >= 11 is 0. The van der Waals surface area contributed by atoms with Crippen LogP contribution in [0, 0.1) is 5.82 Å². The number of hydrogen-bond donors (Lipinski definition) is 1. The lowest BCUT2D eigenvalue weighted by atomic mass is 10.0. The number of rotatable bonds is 3. The summed E-state index contributed by atoms with van der Waals surface area (Å²) in [5.41, 5.74) is -1.44. The molecule has 29 heavy (non-hydrogen) atoms. The Hall–Kier alpha value is -3.68. The molecule has 4 aromatic rings. The van der Waals surface area contributed by atoms with Crippen molar-refractivity contribution in [2.45, 2.75) is 6.18 Å². The Morgan fingerprint density at radius 3 is 2.24 bits per heavy atom. The van der Waals surface area contributed by atoms with Crippen LogP contribution >= 0.6 is 0 Å². The van der Waals surface area contributed by atoms with Gasteiger partial charge >= 0.3 is 12.1 Å². The van der Waals surface area contributed by atoms with E-state index in [2.05, 4.69) is 4.98 Å². The van der Waals surface area contributed by atoms with Crippen molar-refractivity contribution in [3.63, 3.8) is 0 Å². The zero-order valence-corrected chi connectivity index (χ0v) is 14.6. The van der Waals surface area contributed by atoms with Crippen LogP contribution in [-0.4, -0.2) is 20.5 Å². The fraction of sp³-hybridized carbons (Fsp3) is 0.0476. The number of nitrogens with zero attached hydrogens (tertiary/aromatic N) is 2. The van der Waals surface area contributed by atoms with Crippen LogP contribution in [0.15, 0.2) is 66.9 Å². The monoisotopic (exact) mass is 400 g/mol. The van der Waals surface area contributed by atoms with Crippen LogP contribution in [0.4, 0.5) is 17.6 Å². The van der Waals surface area contributed by atoms with Crippen molar-refractivity contribution in [1.82, 2.24) is 9.38 Å². The van der Waals surface area contributed by atoms with Gasteiger partial charge in [0.1, 0.15) is 5.82 Å².